The second kappa shape index (κ2) is 13.6. The monoisotopic (exact) mass is 578 g/mol. The minimum atomic E-state index is -0.258. The van der Waals surface area contributed by atoms with E-state index in [1.165, 1.54) is 46.2 Å². The van der Waals surface area contributed by atoms with Crippen LogP contribution < -0.4 is 0 Å². The molecule has 2 nitrogen and oxygen atoms in total. The van der Waals surface area contributed by atoms with Gasteiger partial charge in [-0.15, -0.1) is 0 Å². The summed E-state index contributed by atoms with van der Waals surface area (Å²) in [6.07, 6.45) is 3.39. The van der Waals surface area contributed by atoms with Gasteiger partial charge in [-0.05, 0) is 100 Å². The molecule has 42 heavy (non-hydrogen) atoms. The molecular formula is C39H47ClN2. The highest BCUT2D eigenvalue weighted by Gasteiger charge is 2.40. The number of piperidine rings is 1. The Kier molecular flexibility index (Phi) is 9.88. The minimum absolute atomic E-state index is 0.208. The third-order valence-corrected chi connectivity index (χ3v) is 10.1. The van der Waals surface area contributed by atoms with Crippen molar-refractivity contribution in [2.24, 2.45) is 0 Å². The van der Waals surface area contributed by atoms with Crippen molar-refractivity contribution in [3.63, 3.8) is 0 Å². The molecule has 1 aliphatic rings. The Bertz CT molecular complexity index is 1340. The SMILES string of the molecule is CCN(CC)CC1(c2ccc(C)cc2)CCN(CCC(c2ccccc2)(c2ccc(C)cc2)c2ccc(Cl)cc2)CC1. The van der Waals surface area contributed by atoms with Crippen LogP contribution in [0.1, 0.15) is 66.5 Å². The van der Waals surface area contributed by atoms with Crippen LogP contribution in [0.4, 0.5) is 0 Å². The minimum Gasteiger partial charge on any atom is -0.303 e. The summed E-state index contributed by atoms with van der Waals surface area (Å²) in [4.78, 5) is 5.34. The Morgan fingerprint density at radius 3 is 1.74 bits per heavy atom. The van der Waals surface area contributed by atoms with Crippen molar-refractivity contribution in [1.82, 2.24) is 9.80 Å². The third-order valence-electron chi connectivity index (χ3n) is 9.85. The first-order valence-electron chi connectivity index (χ1n) is 15.8. The van der Waals surface area contributed by atoms with E-state index < -0.39 is 0 Å². The van der Waals surface area contributed by atoms with Gasteiger partial charge in [-0.2, -0.15) is 0 Å². The van der Waals surface area contributed by atoms with Gasteiger partial charge >= 0.3 is 0 Å². The molecule has 1 atom stereocenters. The number of benzene rings is 4. The van der Waals surface area contributed by atoms with Gasteiger partial charge in [0, 0.05) is 22.4 Å². The molecule has 4 aromatic rings. The fourth-order valence-electron chi connectivity index (χ4n) is 7.08. The Labute approximate surface area is 259 Å². The lowest BCUT2D eigenvalue weighted by atomic mass is 9.67. The number of likely N-dealkylation sites (tertiary alicyclic amines) is 1. The summed E-state index contributed by atoms with van der Waals surface area (Å²) in [6, 6.07) is 38.2. The second-order valence-corrected chi connectivity index (χ2v) is 12.8. The van der Waals surface area contributed by atoms with Crippen LogP contribution in [0.3, 0.4) is 0 Å². The van der Waals surface area contributed by atoms with Crippen molar-refractivity contribution in [3.8, 4) is 0 Å². The lowest BCUT2D eigenvalue weighted by Crippen LogP contribution is -2.49. The van der Waals surface area contributed by atoms with E-state index in [1.807, 2.05) is 12.1 Å². The molecule has 1 unspecified atom stereocenters. The number of hydrogen-bond acceptors (Lipinski definition) is 2. The zero-order valence-electron chi connectivity index (χ0n) is 26.0. The second-order valence-electron chi connectivity index (χ2n) is 12.3. The van der Waals surface area contributed by atoms with Gasteiger partial charge in [-0.25, -0.2) is 0 Å². The molecule has 0 radical (unpaired) electrons. The van der Waals surface area contributed by atoms with E-state index in [2.05, 4.69) is 128 Å². The summed E-state index contributed by atoms with van der Waals surface area (Å²) in [6.45, 7) is 15.6. The van der Waals surface area contributed by atoms with Crippen LogP contribution in [0.25, 0.3) is 0 Å². The lowest BCUT2D eigenvalue weighted by molar-refractivity contribution is 0.116. The van der Waals surface area contributed by atoms with Gasteiger partial charge in [0.25, 0.3) is 0 Å². The molecule has 0 amide bonds. The molecule has 5 rings (SSSR count). The number of hydrogen-bond donors (Lipinski definition) is 0. The molecule has 0 bridgehead atoms. The van der Waals surface area contributed by atoms with E-state index >= 15 is 0 Å². The highest BCUT2D eigenvalue weighted by Crippen LogP contribution is 2.44. The fraction of sp³-hybridized carbons (Fsp3) is 0.385. The molecule has 3 heteroatoms. The Morgan fingerprint density at radius 1 is 0.690 bits per heavy atom. The number of halogens is 1. The van der Waals surface area contributed by atoms with Gasteiger partial charge in [0.2, 0.25) is 0 Å². The topological polar surface area (TPSA) is 6.48 Å². The van der Waals surface area contributed by atoms with Crippen LogP contribution in [-0.4, -0.2) is 49.1 Å². The van der Waals surface area contributed by atoms with Gasteiger partial charge in [-0.1, -0.05) is 128 Å². The summed E-state index contributed by atoms with van der Waals surface area (Å²) in [5, 5.41) is 0.779. The first-order chi connectivity index (χ1) is 20.4. The number of nitrogens with zero attached hydrogens (tertiary/aromatic N) is 2. The van der Waals surface area contributed by atoms with E-state index in [0.29, 0.717) is 0 Å². The summed E-state index contributed by atoms with van der Waals surface area (Å²) in [7, 11) is 0. The molecule has 1 heterocycles. The summed E-state index contributed by atoms with van der Waals surface area (Å²) in [5.74, 6) is 0. The molecule has 0 spiro atoms. The van der Waals surface area contributed by atoms with Crippen LogP contribution in [-0.2, 0) is 10.8 Å². The zero-order chi connectivity index (χ0) is 29.6. The van der Waals surface area contributed by atoms with Crippen molar-refractivity contribution < 1.29 is 0 Å². The highest BCUT2D eigenvalue weighted by molar-refractivity contribution is 6.30. The average Bonchev–Trinajstić information content (AvgIpc) is 3.03. The molecule has 0 aliphatic carbocycles. The molecule has 1 aliphatic heterocycles. The molecule has 1 saturated heterocycles. The van der Waals surface area contributed by atoms with Crippen molar-refractivity contribution in [1.29, 1.82) is 0 Å². The van der Waals surface area contributed by atoms with E-state index in [9.17, 15) is 0 Å². The molecule has 0 saturated carbocycles. The fourth-order valence-corrected chi connectivity index (χ4v) is 7.21. The number of rotatable bonds is 11. The maximum absolute atomic E-state index is 6.40. The van der Waals surface area contributed by atoms with Crippen LogP contribution in [0.5, 0.6) is 0 Å². The van der Waals surface area contributed by atoms with Crippen LogP contribution in [0.2, 0.25) is 5.02 Å². The van der Waals surface area contributed by atoms with Gasteiger partial charge in [0.1, 0.15) is 0 Å². The predicted molar refractivity (Wildman–Crippen MR) is 180 cm³/mol. The van der Waals surface area contributed by atoms with E-state index in [0.717, 1.165) is 50.7 Å². The van der Waals surface area contributed by atoms with Crippen molar-refractivity contribution in [2.45, 2.75) is 57.8 Å². The first-order valence-corrected chi connectivity index (χ1v) is 16.2. The molecule has 0 N–H and O–H groups in total. The maximum atomic E-state index is 6.40. The molecular weight excluding hydrogens is 532 g/mol. The first kappa shape index (κ1) is 30.5. The van der Waals surface area contributed by atoms with Crippen molar-refractivity contribution >= 4 is 11.6 Å². The summed E-state index contributed by atoms with van der Waals surface area (Å²) < 4.78 is 0. The van der Waals surface area contributed by atoms with Crippen LogP contribution in [0, 0.1) is 13.8 Å². The van der Waals surface area contributed by atoms with Crippen molar-refractivity contribution in [3.05, 3.63) is 142 Å². The Morgan fingerprint density at radius 2 is 1.19 bits per heavy atom. The Balaban J connectivity index is 1.45. The average molecular weight is 579 g/mol. The van der Waals surface area contributed by atoms with Gasteiger partial charge < -0.3 is 9.80 Å². The number of aryl methyl sites for hydroxylation is 2. The third kappa shape index (κ3) is 6.52. The Hall–Kier alpha value is -2.91. The smallest absolute Gasteiger partial charge is 0.0463 e. The van der Waals surface area contributed by atoms with E-state index in [-0.39, 0.29) is 10.8 Å². The lowest BCUT2D eigenvalue weighted by Gasteiger charge is -2.46. The van der Waals surface area contributed by atoms with Crippen molar-refractivity contribution in [2.75, 3.05) is 39.3 Å². The van der Waals surface area contributed by atoms with E-state index in [4.69, 9.17) is 11.6 Å². The van der Waals surface area contributed by atoms with E-state index in [1.54, 1.807) is 0 Å². The number of likely N-dealkylation sites (N-methyl/N-ethyl adjacent to an activating group) is 1. The quantitative estimate of drug-likeness (QED) is 0.164. The maximum Gasteiger partial charge on any atom is 0.0463 e. The molecule has 220 valence electrons. The highest BCUT2D eigenvalue weighted by atomic mass is 35.5. The summed E-state index contributed by atoms with van der Waals surface area (Å²) >= 11 is 6.40. The molecule has 0 aromatic heterocycles. The van der Waals surface area contributed by atoms with Gasteiger partial charge in [0.05, 0.1) is 0 Å². The van der Waals surface area contributed by atoms with Crippen LogP contribution in [0.15, 0.2) is 103 Å². The molecule has 4 aromatic carbocycles. The van der Waals surface area contributed by atoms with Gasteiger partial charge in [-0.3, -0.25) is 0 Å². The summed E-state index contributed by atoms with van der Waals surface area (Å²) in [5.41, 5.74) is 8.07. The van der Waals surface area contributed by atoms with Crippen LogP contribution >= 0.6 is 11.6 Å². The van der Waals surface area contributed by atoms with Gasteiger partial charge in [0.15, 0.2) is 0 Å². The largest absolute Gasteiger partial charge is 0.303 e. The normalized spacial score (nSPS) is 16.8. The zero-order valence-corrected chi connectivity index (χ0v) is 26.7. The standard InChI is InChI=1S/C39H47ClN2/c1-5-41(6-2)30-38(33-16-12-31(3)13-17-33)24-27-42(28-25-38)29-26-39(34-10-8-7-9-11-34,35-18-14-32(4)15-19-35)36-20-22-37(40)23-21-36/h7-23H,5-6,24-30H2,1-4H3. The predicted octanol–water partition coefficient (Wildman–Crippen LogP) is 9.06. The molecule has 1 fully saturated rings.